The van der Waals surface area contributed by atoms with Crippen LogP contribution in [0.5, 0.6) is 0 Å². The number of esters is 2. The first-order valence-corrected chi connectivity index (χ1v) is 26.4. The minimum Gasteiger partial charge on any atom is -0.462 e. The van der Waals surface area contributed by atoms with Crippen LogP contribution in [0.4, 0.5) is 0 Å². The summed E-state index contributed by atoms with van der Waals surface area (Å²) in [5, 5.41) is 18.4. The number of hydrogen-bond donors (Lipinski definition) is 3. The predicted molar refractivity (Wildman–Crippen MR) is 251 cm³/mol. The van der Waals surface area contributed by atoms with E-state index in [-0.39, 0.29) is 19.4 Å². The molecule has 358 valence electrons. The van der Waals surface area contributed by atoms with Crippen molar-refractivity contribution in [3.05, 3.63) is 36.5 Å². The minimum absolute atomic E-state index is 0.176. The normalized spacial score (nSPS) is 14.0. The maximum Gasteiger partial charge on any atom is 0.472 e. The second-order valence-electron chi connectivity index (χ2n) is 16.8. The van der Waals surface area contributed by atoms with E-state index in [4.69, 9.17) is 23.6 Å². The van der Waals surface area contributed by atoms with Crippen LogP contribution >= 0.6 is 7.82 Å². The van der Waals surface area contributed by atoms with Gasteiger partial charge in [-0.05, 0) is 70.6 Å². The van der Waals surface area contributed by atoms with Crippen molar-refractivity contribution in [3.63, 3.8) is 0 Å². The zero-order valence-corrected chi connectivity index (χ0v) is 40.0. The summed E-state index contributed by atoms with van der Waals surface area (Å²) in [6.07, 6.45) is 49.6. The Hall–Kier alpha value is -1.81. The smallest absolute Gasteiger partial charge is 0.462 e. The van der Waals surface area contributed by atoms with E-state index in [1.807, 2.05) is 0 Å². The Morgan fingerprint density at radius 1 is 0.492 bits per heavy atom. The highest BCUT2D eigenvalue weighted by atomic mass is 31.2. The van der Waals surface area contributed by atoms with Crippen LogP contribution in [0.2, 0.25) is 0 Å². The molecule has 3 atom stereocenters. The lowest BCUT2D eigenvalue weighted by Crippen LogP contribution is -2.29. The van der Waals surface area contributed by atoms with Gasteiger partial charge in [-0.2, -0.15) is 0 Å². The van der Waals surface area contributed by atoms with E-state index in [1.54, 1.807) is 0 Å². The van der Waals surface area contributed by atoms with E-state index in [1.165, 1.54) is 135 Å². The molecule has 0 bridgehead atoms. The fourth-order valence-electron chi connectivity index (χ4n) is 6.90. The summed E-state index contributed by atoms with van der Waals surface area (Å²) in [5.74, 6) is -0.927. The van der Waals surface area contributed by atoms with Gasteiger partial charge >= 0.3 is 19.8 Å². The zero-order chi connectivity index (χ0) is 44.8. The zero-order valence-electron chi connectivity index (χ0n) is 39.1. The molecule has 0 heterocycles. The summed E-state index contributed by atoms with van der Waals surface area (Å²) >= 11 is 0. The van der Waals surface area contributed by atoms with Crippen molar-refractivity contribution in [3.8, 4) is 0 Å². The quantitative estimate of drug-likeness (QED) is 0.0233. The third-order valence-electron chi connectivity index (χ3n) is 10.8. The fourth-order valence-corrected chi connectivity index (χ4v) is 7.69. The third kappa shape index (κ3) is 46.0. The molecule has 61 heavy (non-hydrogen) atoms. The van der Waals surface area contributed by atoms with Crippen molar-refractivity contribution in [2.45, 2.75) is 244 Å². The van der Waals surface area contributed by atoms with Crippen molar-refractivity contribution in [1.29, 1.82) is 0 Å². The maximum atomic E-state index is 12.7. The molecule has 0 aliphatic heterocycles. The number of aliphatic hydroxyl groups excluding tert-OH is 2. The summed E-state index contributed by atoms with van der Waals surface area (Å²) < 4.78 is 32.8. The van der Waals surface area contributed by atoms with E-state index < -0.39 is 51.8 Å². The summed E-state index contributed by atoms with van der Waals surface area (Å²) in [5.41, 5.74) is 0. The molecule has 0 spiro atoms. The molecule has 0 radical (unpaired) electrons. The van der Waals surface area contributed by atoms with Gasteiger partial charge in [-0.15, -0.1) is 0 Å². The Labute approximate surface area is 373 Å². The first kappa shape index (κ1) is 59.2. The molecule has 0 rings (SSSR count). The third-order valence-corrected chi connectivity index (χ3v) is 11.7. The standard InChI is InChI=1S/C50H93O10P/c1-3-5-7-9-11-13-15-17-19-21-22-23-24-26-27-29-31-33-35-37-39-41-49(53)57-45-48(46-59-61(55,56)58-44-47(52)43-51)60-50(54)42-40-38-36-34-32-30-28-25-20-18-16-14-12-10-8-6-4-2/h12,14,17-20,47-48,51-52H,3-11,13,15-16,21-46H2,1-2H3,(H,55,56)/b14-12+,19-17+,20-18+/t47-,48+/m0/s1. The SMILES string of the molecule is CCCCC/C=C/C/C=C/CCCCCCCCCC(=O)O[C@H](COC(=O)CCCCCCCCCCCCC/C=C/CCCCCCCC)COP(=O)(O)OC[C@@H](O)CO. The average molecular weight is 885 g/mol. The molecule has 0 aromatic carbocycles. The van der Waals surface area contributed by atoms with Crippen molar-refractivity contribution in [2.24, 2.45) is 0 Å². The molecule has 10 nitrogen and oxygen atoms in total. The van der Waals surface area contributed by atoms with Crippen molar-refractivity contribution < 1.29 is 47.8 Å². The first-order valence-electron chi connectivity index (χ1n) is 24.9. The lowest BCUT2D eigenvalue weighted by atomic mass is 10.0. The van der Waals surface area contributed by atoms with E-state index in [0.29, 0.717) is 12.8 Å². The molecule has 0 aliphatic rings. The van der Waals surface area contributed by atoms with Gasteiger partial charge in [0, 0.05) is 12.8 Å². The Morgan fingerprint density at radius 2 is 0.852 bits per heavy atom. The molecule has 0 aliphatic carbocycles. The highest BCUT2D eigenvalue weighted by Crippen LogP contribution is 2.43. The molecule has 3 N–H and O–H groups in total. The number of ether oxygens (including phenoxy) is 2. The van der Waals surface area contributed by atoms with Crippen molar-refractivity contribution in [2.75, 3.05) is 26.4 Å². The van der Waals surface area contributed by atoms with Gasteiger partial charge in [-0.25, -0.2) is 4.57 Å². The van der Waals surface area contributed by atoms with Gasteiger partial charge < -0.3 is 24.6 Å². The summed E-state index contributed by atoms with van der Waals surface area (Å²) in [7, 11) is -4.62. The van der Waals surface area contributed by atoms with Crippen LogP contribution in [-0.4, -0.2) is 65.7 Å². The van der Waals surface area contributed by atoms with E-state index in [0.717, 1.165) is 57.8 Å². The number of aliphatic hydroxyl groups is 2. The van der Waals surface area contributed by atoms with Gasteiger partial charge in [-0.3, -0.25) is 18.6 Å². The summed E-state index contributed by atoms with van der Waals surface area (Å²) in [6.45, 7) is 2.37. The second kappa shape index (κ2) is 46.2. The molecular formula is C50H93O10P. The number of phosphoric acid groups is 1. The lowest BCUT2D eigenvalue weighted by Gasteiger charge is -2.20. The van der Waals surface area contributed by atoms with E-state index in [2.05, 4.69) is 50.3 Å². The fraction of sp³-hybridized carbons (Fsp3) is 0.840. The van der Waals surface area contributed by atoms with Crippen LogP contribution in [0.25, 0.3) is 0 Å². The second-order valence-corrected chi connectivity index (χ2v) is 18.3. The topological polar surface area (TPSA) is 149 Å². The number of rotatable bonds is 47. The number of allylic oxidation sites excluding steroid dienone is 6. The van der Waals surface area contributed by atoms with Gasteiger partial charge in [0.2, 0.25) is 0 Å². The maximum absolute atomic E-state index is 12.7. The summed E-state index contributed by atoms with van der Waals surface area (Å²) in [6, 6.07) is 0. The van der Waals surface area contributed by atoms with Gasteiger partial charge in [0.1, 0.15) is 12.7 Å². The molecule has 11 heteroatoms. The number of hydrogen-bond acceptors (Lipinski definition) is 9. The van der Waals surface area contributed by atoms with Gasteiger partial charge in [0.25, 0.3) is 0 Å². The van der Waals surface area contributed by atoms with Crippen LogP contribution < -0.4 is 0 Å². The largest absolute Gasteiger partial charge is 0.472 e. The van der Waals surface area contributed by atoms with E-state index >= 15 is 0 Å². The van der Waals surface area contributed by atoms with Crippen LogP contribution in [0.1, 0.15) is 232 Å². The Bertz CT molecular complexity index is 1110. The van der Waals surface area contributed by atoms with Crippen molar-refractivity contribution >= 4 is 19.8 Å². The Balaban J connectivity index is 4.19. The van der Waals surface area contributed by atoms with Gasteiger partial charge in [-0.1, -0.05) is 185 Å². The number of carbonyl (C=O) groups is 2. The monoisotopic (exact) mass is 885 g/mol. The molecule has 0 saturated carbocycles. The molecule has 0 aromatic heterocycles. The van der Waals surface area contributed by atoms with Gasteiger partial charge in [0.05, 0.1) is 19.8 Å². The number of carbonyl (C=O) groups excluding carboxylic acids is 2. The van der Waals surface area contributed by atoms with E-state index in [9.17, 15) is 24.2 Å². The molecule has 0 aromatic rings. The van der Waals surface area contributed by atoms with Crippen LogP contribution in [0.15, 0.2) is 36.5 Å². The molecular weight excluding hydrogens is 792 g/mol. The predicted octanol–water partition coefficient (Wildman–Crippen LogP) is 13.9. The first-order chi connectivity index (χ1) is 29.7. The molecule has 0 amide bonds. The lowest BCUT2D eigenvalue weighted by molar-refractivity contribution is -0.161. The number of phosphoric ester groups is 1. The molecule has 0 fully saturated rings. The average Bonchev–Trinajstić information content (AvgIpc) is 3.25. The molecule has 1 unspecified atom stereocenters. The highest BCUT2D eigenvalue weighted by molar-refractivity contribution is 7.47. The number of unbranched alkanes of at least 4 members (excludes halogenated alkanes) is 27. The van der Waals surface area contributed by atoms with Gasteiger partial charge in [0.15, 0.2) is 6.10 Å². The van der Waals surface area contributed by atoms with Crippen LogP contribution in [0.3, 0.4) is 0 Å². The Morgan fingerprint density at radius 3 is 1.31 bits per heavy atom. The van der Waals surface area contributed by atoms with Crippen LogP contribution in [-0.2, 0) is 32.7 Å². The Kier molecular flexibility index (Phi) is 44.8. The molecule has 0 saturated heterocycles. The van der Waals surface area contributed by atoms with Crippen molar-refractivity contribution in [1.82, 2.24) is 0 Å². The minimum atomic E-state index is -4.62. The van der Waals surface area contributed by atoms with Crippen LogP contribution in [0, 0.1) is 0 Å². The highest BCUT2D eigenvalue weighted by Gasteiger charge is 2.27. The summed E-state index contributed by atoms with van der Waals surface area (Å²) in [4.78, 5) is 35.1.